The number of nitrogens with one attached hydrogen (secondary N) is 1. The Morgan fingerprint density at radius 3 is 2.38 bits per heavy atom. The number of rotatable bonds is 6. The number of nitrogens with zero attached hydrogens (tertiary/aromatic N) is 2. The van der Waals surface area contributed by atoms with E-state index in [1.807, 2.05) is 79.0 Å². The number of fused-ring (bicyclic) bond motifs is 1. The smallest absolute Gasteiger partial charge is 0.283 e. The Kier molecular flexibility index (Phi) is 5.52. The second-order valence-electron chi connectivity index (χ2n) is 7.27. The number of H-pyrrole nitrogens is 1. The highest BCUT2D eigenvalue weighted by Gasteiger charge is 2.19. The Morgan fingerprint density at radius 2 is 1.62 bits per heavy atom. The standard InChI is InChI=1S/C26H21N3O2S/c1-31-22-15-9-8-14-21(22)29-25(30)24-23(20(16-27-24)19-12-6-3-7-13-19)28-26(29)32-17-18-10-4-2-5-11-18/h2-16,27H,17H2,1H3. The van der Waals surface area contributed by atoms with Crippen LogP contribution in [0.1, 0.15) is 5.56 Å². The summed E-state index contributed by atoms with van der Waals surface area (Å²) in [5, 5.41) is 0.618. The van der Waals surface area contributed by atoms with Gasteiger partial charge in [0, 0.05) is 17.5 Å². The predicted octanol–water partition coefficient (Wildman–Crippen LogP) is 5.68. The summed E-state index contributed by atoms with van der Waals surface area (Å²) in [6, 6.07) is 27.6. The minimum Gasteiger partial charge on any atom is -0.495 e. The molecule has 1 N–H and O–H groups in total. The van der Waals surface area contributed by atoms with Gasteiger partial charge in [-0.3, -0.25) is 4.79 Å². The molecule has 0 fully saturated rings. The fourth-order valence-electron chi connectivity index (χ4n) is 3.72. The first kappa shape index (κ1) is 20.2. The van der Waals surface area contributed by atoms with Crippen molar-refractivity contribution in [3.63, 3.8) is 0 Å². The normalized spacial score (nSPS) is 11.0. The summed E-state index contributed by atoms with van der Waals surface area (Å²) in [6.45, 7) is 0. The molecule has 3 aromatic carbocycles. The summed E-state index contributed by atoms with van der Waals surface area (Å²) in [5.41, 5.74) is 4.74. The molecular weight excluding hydrogens is 418 g/mol. The largest absolute Gasteiger partial charge is 0.495 e. The van der Waals surface area contributed by atoms with E-state index in [4.69, 9.17) is 9.72 Å². The summed E-state index contributed by atoms with van der Waals surface area (Å²) in [4.78, 5) is 21.8. The molecule has 0 saturated heterocycles. The second-order valence-corrected chi connectivity index (χ2v) is 8.22. The van der Waals surface area contributed by atoms with E-state index in [0.29, 0.717) is 33.4 Å². The molecule has 158 valence electrons. The third kappa shape index (κ3) is 3.69. The van der Waals surface area contributed by atoms with Gasteiger partial charge in [0.1, 0.15) is 16.8 Å². The number of methoxy groups -OCH3 is 1. The van der Waals surface area contributed by atoms with Gasteiger partial charge in [0.05, 0.1) is 12.8 Å². The molecule has 0 spiro atoms. The summed E-state index contributed by atoms with van der Waals surface area (Å²) < 4.78 is 7.19. The van der Waals surface area contributed by atoms with Crippen LogP contribution in [0.2, 0.25) is 0 Å². The van der Waals surface area contributed by atoms with E-state index in [-0.39, 0.29) is 5.56 Å². The molecule has 5 rings (SSSR count). The molecule has 0 radical (unpaired) electrons. The van der Waals surface area contributed by atoms with Crippen molar-refractivity contribution >= 4 is 22.8 Å². The first-order chi connectivity index (χ1) is 15.8. The topological polar surface area (TPSA) is 59.9 Å². The molecule has 32 heavy (non-hydrogen) atoms. The van der Waals surface area contributed by atoms with E-state index in [1.54, 1.807) is 11.7 Å². The quantitative estimate of drug-likeness (QED) is 0.273. The van der Waals surface area contributed by atoms with Crippen LogP contribution in [0.4, 0.5) is 0 Å². The van der Waals surface area contributed by atoms with Crippen LogP contribution in [0, 0.1) is 0 Å². The Morgan fingerprint density at radius 1 is 0.938 bits per heavy atom. The minimum atomic E-state index is -0.155. The zero-order valence-corrected chi connectivity index (χ0v) is 18.3. The zero-order chi connectivity index (χ0) is 21.9. The fraction of sp³-hybridized carbons (Fsp3) is 0.0769. The Bertz CT molecular complexity index is 1430. The SMILES string of the molecule is COc1ccccc1-n1c(SCc2ccccc2)nc2c(-c3ccccc3)c[nH]c2c1=O. The van der Waals surface area contributed by atoms with Gasteiger partial charge in [-0.15, -0.1) is 0 Å². The number of thioether (sulfide) groups is 1. The van der Waals surface area contributed by atoms with Crippen molar-refractivity contribution in [3.8, 4) is 22.6 Å². The van der Waals surface area contributed by atoms with Gasteiger partial charge in [-0.1, -0.05) is 84.6 Å². The number of aromatic nitrogens is 3. The van der Waals surface area contributed by atoms with Crippen molar-refractivity contribution < 1.29 is 4.74 Å². The summed E-state index contributed by atoms with van der Waals surface area (Å²) >= 11 is 1.53. The van der Waals surface area contributed by atoms with E-state index >= 15 is 0 Å². The van der Waals surface area contributed by atoms with Crippen LogP contribution >= 0.6 is 11.8 Å². The average Bonchev–Trinajstić information content (AvgIpc) is 3.28. The molecule has 0 aliphatic heterocycles. The number of aromatic amines is 1. The van der Waals surface area contributed by atoms with Crippen molar-refractivity contribution in [3.05, 3.63) is 107 Å². The third-order valence-corrected chi connectivity index (χ3v) is 6.30. The van der Waals surface area contributed by atoms with E-state index in [1.165, 1.54) is 11.8 Å². The Balaban J connectivity index is 1.72. The maximum Gasteiger partial charge on any atom is 0.283 e. The molecule has 0 atom stereocenters. The first-order valence-corrected chi connectivity index (χ1v) is 11.2. The molecule has 0 aliphatic rings. The number of benzene rings is 3. The van der Waals surface area contributed by atoms with Crippen LogP contribution in [0.3, 0.4) is 0 Å². The van der Waals surface area contributed by atoms with Crippen molar-refractivity contribution in [2.45, 2.75) is 10.9 Å². The molecule has 0 unspecified atom stereocenters. The number of ether oxygens (including phenoxy) is 1. The van der Waals surface area contributed by atoms with Crippen LogP contribution in [-0.4, -0.2) is 21.6 Å². The molecule has 0 bridgehead atoms. The molecule has 6 heteroatoms. The molecular formula is C26H21N3O2S. The molecule has 5 aromatic rings. The lowest BCUT2D eigenvalue weighted by molar-refractivity contribution is 0.411. The van der Waals surface area contributed by atoms with Gasteiger partial charge in [-0.2, -0.15) is 0 Å². The lowest BCUT2D eigenvalue weighted by Gasteiger charge is -2.15. The summed E-state index contributed by atoms with van der Waals surface area (Å²) in [7, 11) is 1.61. The predicted molar refractivity (Wildman–Crippen MR) is 130 cm³/mol. The molecule has 0 aliphatic carbocycles. The molecule has 0 saturated carbocycles. The van der Waals surface area contributed by atoms with Crippen LogP contribution in [0.15, 0.2) is 101 Å². The van der Waals surface area contributed by atoms with E-state index in [9.17, 15) is 4.79 Å². The van der Waals surface area contributed by atoms with Gasteiger partial charge in [0.2, 0.25) is 0 Å². The van der Waals surface area contributed by atoms with Crippen molar-refractivity contribution in [1.29, 1.82) is 0 Å². The minimum absolute atomic E-state index is 0.155. The van der Waals surface area contributed by atoms with Crippen LogP contribution in [-0.2, 0) is 5.75 Å². The summed E-state index contributed by atoms with van der Waals surface area (Å²) in [5.74, 6) is 1.31. The van der Waals surface area contributed by atoms with E-state index < -0.39 is 0 Å². The highest BCUT2D eigenvalue weighted by Crippen LogP contribution is 2.31. The van der Waals surface area contributed by atoms with Gasteiger partial charge in [0.25, 0.3) is 5.56 Å². The molecule has 5 nitrogen and oxygen atoms in total. The monoisotopic (exact) mass is 439 g/mol. The van der Waals surface area contributed by atoms with Crippen LogP contribution in [0.25, 0.3) is 27.8 Å². The average molecular weight is 440 g/mol. The second kappa shape index (κ2) is 8.77. The van der Waals surface area contributed by atoms with Gasteiger partial charge in [-0.25, -0.2) is 9.55 Å². The van der Waals surface area contributed by atoms with Crippen molar-refractivity contribution in [2.75, 3.05) is 7.11 Å². The molecule has 2 aromatic heterocycles. The third-order valence-electron chi connectivity index (χ3n) is 5.29. The van der Waals surface area contributed by atoms with Gasteiger partial charge >= 0.3 is 0 Å². The lowest BCUT2D eigenvalue weighted by Crippen LogP contribution is -2.22. The number of hydrogen-bond acceptors (Lipinski definition) is 4. The van der Waals surface area contributed by atoms with Crippen LogP contribution in [0.5, 0.6) is 5.75 Å². The maximum absolute atomic E-state index is 13.7. The van der Waals surface area contributed by atoms with E-state index in [0.717, 1.165) is 16.7 Å². The zero-order valence-electron chi connectivity index (χ0n) is 17.5. The van der Waals surface area contributed by atoms with Gasteiger partial charge in [0.15, 0.2) is 5.16 Å². The highest BCUT2D eigenvalue weighted by molar-refractivity contribution is 7.98. The highest BCUT2D eigenvalue weighted by atomic mass is 32.2. The number of para-hydroxylation sites is 2. The number of hydrogen-bond donors (Lipinski definition) is 1. The van der Waals surface area contributed by atoms with Crippen molar-refractivity contribution in [1.82, 2.24) is 14.5 Å². The summed E-state index contributed by atoms with van der Waals surface area (Å²) in [6.07, 6.45) is 1.85. The molecule has 2 heterocycles. The lowest BCUT2D eigenvalue weighted by atomic mass is 10.1. The molecule has 0 amide bonds. The Labute approximate surface area is 189 Å². The van der Waals surface area contributed by atoms with Gasteiger partial charge < -0.3 is 9.72 Å². The fourth-order valence-corrected chi connectivity index (χ4v) is 4.68. The Hall–Kier alpha value is -3.77. The van der Waals surface area contributed by atoms with Crippen LogP contribution < -0.4 is 10.3 Å². The van der Waals surface area contributed by atoms with Gasteiger partial charge in [-0.05, 0) is 23.3 Å². The first-order valence-electron chi connectivity index (χ1n) is 10.3. The van der Waals surface area contributed by atoms with Crippen molar-refractivity contribution in [2.24, 2.45) is 0 Å². The van der Waals surface area contributed by atoms with E-state index in [2.05, 4.69) is 17.1 Å². The maximum atomic E-state index is 13.7.